The lowest BCUT2D eigenvalue weighted by atomic mass is 9.57. The van der Waals surface area contributed by atoms with E-state index < -0.39 is 6.10 Å². The summed E-state index contributed by atoms with van der Waals surface area (Å²) < 4.78 is 5.30. The normalized spacial score (nSPS) is 31.0. The second kappa shape index (κ2) is 8.85. The van der Waals surface area contributed by atoms with Crippen LogP contribution in [0.3, 0.4) is 0 Å². The maximum atomic E-state index is 10.6. The van der Waals surface area contributed by atoms with Crippen molar-refractivity contribution in [3.8, 4) is 5.75 Å². The second-order valence-corrected chi connectivity index (χ2v) is 8.94. The van der Waals surface area contributed by atoms with Gasteiger partial charge in [0.2, 0.25) is 0 Å². The number of ether oxygens (including phenoxy) is 1. The number of pyridine rings is 1. The van der Waals surface area contributed by atoms with Crippen molar-refractivity contribution in [1.29, 1.82) is 0 Å². The Kier molecular flexibility index (Phi) is 6.21. The van der Waals surface area contributed by atoms with E-state index in [9.17, 15) is 10.2 Å². The topological polar surface area (TPSA) is 62.6 Å². The first-order valence-electron chi connectivity index (χ1n) is 11.0. The Morgan fingerprint density at radius 3 is 2.79 bits per heavy atom. The van der Waals surface area contributed by atoms with Gasteiger partial charge in [0.25, 0.3) is 0 Å². The van der Waals surface area contributed by atoms with Crippen LogP contribution in [0.4, 0.5) is 0 Å². The average Bonchev–Trinajstić information content (AvgIpc) is 2.75. The number of allylic oxidation sites excluding steroid dienone is 1. The molecular weight excluding hydrogens is 362 g/mol. The Morgan fingerprint density at radius 1 is 1.21 bits per heavy atom. The van der Waals surface area contributed by atoms with Crippen molar-refractivity contribution in [2.45, 2.75) is 45.1 Å². The largest absolute Gasteiger partial charge is 0.497 e. The number of aromatic nitrogens is 1. The van der Waals surface area contributed by atoms with Gasteiger partial charge in [-0.25, -0.2) is 4.98 Å². The van der Waals surface area contributed by atoms with Crippen LogP contribution in [0.1, 0.15) is 44.7 Å². The van der Waals surface area contributed by atoms with E-state index in [0.29, 0.717) is 17.8 Å². The van der Waals surface area contributed by atoms with E-state index >= 15 is 0 Å². The Balaban J connectivity index is 1.63. The van der Waals surface area contributed by atoms with Gasteiger partial charge in [-0.15, -0.1) is 0 Å². The van der Waals surface area contributed by atoms with E-state index in [1.165, 1.54) is 25.7 Å². The van der Waals surface area contributed by atoms with Crippen LogP contribution >= 0.6 is 0 Å². The SMILES string of the molecule is COc1ccc2nc(/C=C/C3C4CCCCC4CC(CO)C3C(C)O)ccc2c1. The molecule has 0 amide bonds. The number of methoxy groups -OCH3 is 1. The highest BCUT2D eigenvalue weighted by molar-refractivity contribution is 5.81. The minimum Gasteiger partial charge on any atom is -0.497 e. The van der Waals surface area contributed by atoms with Crippen molar-refractivity contribution in [1.82, 2.24) is 4.98 Å². The summed E-state index contributed by atoms with van der Waals surface area (Å²) in [6.07, 6.45) is 10.1. The first-order valence-corrected chi connectivity index (χ1v) is 11.0. The molecule has 2 saturated carbocycles. The second-order valence-electron chi connectivity index (χ2n) is 8.94. The third kappa shape index (κ3) is 4.19. The zero-order valence-corrected chi connectivity index (χ0v) is 17.5. The average molecular weight is 396 g/mol. The molecule has 4 heteroatoms. The van der Waals surface area contributed by atoms with E-state index in [-0.39, 0.29) is 18.4 Å². The lowest BCUT2D eigenvalue weighted by molar-refractivity contribution is -0.0470. The maximum absolute atomic E-state index is 10.6. The van der Waals surface area contributed by atoms with Crippen LogP contribution in [-0.2, 0) is 0 Å². The van der Waals surface area contributed by atoms with Crippen LogP contribution in [0.15, 0.2) is 36.4 Å². The summed E-state index contributed by atoms with van der Waals surface area (Å²) in [4.78, 5) is 4.79. The van der Waals surface area contributed by atoms with E-state index in [2.05, 4.69) is 18.2 Å². The molecule has 0 radical (unpaired) electrons. The molecule has 156 valence electrons. The standard InChI is InChI=1S/C25H33NO3/c1-16(28)25-19(15-27)13-17-5-3-4-6-22(17)23(25)11-9-20-8-7-18-14-21(29-2)10-12-24(18)26-20/h7-12,14,16-17,19,22-23,25,27-28H,3-6,13,15H2,1-2H3/b11-9+. The van der Waals surface area contributed by atoms with Gasteiger partial charge < -0.3 is 14.9 Å². The monoisotopic (exact) mass is 395 g/mol. The summed E-state index contributed by atoms with van der Waals surface area (Å²) >= 11 is 0. The van der Waals surface area contributed by atoms with Gasteiger partial charge in [-0.2, -0.15) is 0 Å². The number of nitrogens with zero attached hydrogens (tertiary/aromatic N) is 1. The Bertz CT molecular complexity index is 862. The van der Waals surface area contributed by atoms with Gasteiger partial charge in [0, 0.05) is 12.0 Å². The van der Waals surface area contributed by atoms with E-state index in [4.69, 9.17) is 9.72 Å². The van der Waals surface area contributed by atoms with Gasteiger partial charge in [0.15, 0.2) is 0 Å². The number of benzene rings is 1. The van der Waals surface area contributed by atoms with Gasteiger partial charge in [-0.05, 0) is 79.7 Å². The van der Waals surface area contributed by atoms with Crippen LogP contribution in [0.5, 0.6) is 5.75 Å². The highest BCUT2D eigenvalue weighted by Crippen LogP contribution is 2.50. The summed E-state index contributed by atoms with van der Waals surface area (Å²) in [5, 5.41) is 21.6. The summed E-state index contributed by atoms with van der Waals surface area (Å²) in [5.41, 5.74) is 1.89. The van der Waals surface area contributed by atoms with Crippen LogP contribution in [0.25, 0.3) is 17.0 Å². The van der Waals surface area contributed by atoms with Crippen LogP contribution in [0.2, 0.25) is 0 Å². The zero-order valence-electron chi connectivity index (χ0n) is 17.5. The molecule has 0 bridgehead atoms. The predicted octanol–water partition coefficient (Wildman–Crippen LogP) is 4.69. The summed E-state index contributed by atoms with van der Waals surface area (Å²) in [6.45, 7) is 2.05. The maximum Gasteiger partial charge on any atom is 0.119 e. The first kappa shape index (κ1) is 20.4. The van der Waals surface area contributed by atoms with Gasteiger partial charge in [0.1, 0.15) is 5.75 Å². The van der Waals surface area contributed by atoms with Crippen molar-refractivity contribution in [2.75, 3.05) is 13.7 Å². The van der Waals surface area contributed by atoms with Gasteiger partial charge >= 0.3 is 0 Å². The molecule has 0 aliphatic heterocycles. The Hall–Kier alpha value is -1.91. The molecule has 4 nitrogen and oxygen atoms in total. The molecule has 2 aliphatic carbocycles. The Morgan fingerprint density at radius 2 is 2.03 bits per heavy atom. The first-order chi connectivity index (χ1) is 14.1. The number of hydrogen-bond acceptors (Lipinski definition) is 4. The zero-order chi connectivity index (χ0) is 20.4. The van der Waals surface area contributed by atoms with E-state index in [1.807, 2.05) is 31.2 Å². The summed E-state index contributed by atoms with van der Waals surface area (Å²) in [6, 6.07) is 10.0. The molecule has 2 fully saturated rings. The molecule has 0 spiro atoms. The molecule has 1 aromatic heterocycles. The molecule has 0 saturated heterocycles. The molecular formula is C25H33NO3. The van der Waals surface area contributed by atoms with E-state index in [1.54, 1.807) is 7.11 Å². The molecule has 6 atom stereocenters. The summed E-state index contributed by atoms with van der Waals surface area (Å²) in [5.74, 6) is 2.69. The van der Waals surface area contributed by atoms with Gasteiger partial charge in [-0.1, -0.05) is 31.4 Å². The smallest absolute Gasteiger partial charge is 0.119 e. The molecule has 1 aromatic carbocycles. The van der Waals surface area contributed by atoms with E-state index in [0.717, 1.165) is 28.8 Å². The van der Waals surface area contributed by atoms with Gasteiger partial charge in [-0.3, -0.25) is 0 Å². The Labute approximate surface area is 173 Å². The molecule has 2 N–H and O–H groups in total. The number of rotatable bonds is 5. The fourth-order valence-electron chi connectivity index (χ4n) is 5.91. The van der Waals surface area contributed by atoms with Crippen molar-refractivity contribution in [3.05, 3.63) is 42.1 Å². The predicted molar refractivity (Wildman–Crippen MR) is 117 cm³/mol. The van der Waals surface area contributed by atoms with Crippen molar-refractivity contribution in [2.24, 2.45) is 29.6 Å². The van der Waals surface area contributed by atoms with Crippen LogP contribution < -0.4 is 4.74 Å². The highest BCUT2D eigenvalue weighted by Gasteiger charge is 2.45. The minimum absolute atomic E-state index is 0.111. The van der Waals surface area contributed by atoms with Gasteiger partial charge in [0.05, 0.1) is 24.4 Å². The number of fused-ring (bicyclic) bond motifs is 2. The number of aliphatic hydroxyl groups is 2. The third-order valence-corrected chi connectivity index (χ3v) is 7.26. The quantitative estimate of drug-likeness (QED) is 0.771. The molecule has 2 aliphatic rings. The van der Waals surface area contributed by atoms with Crippen LogP contribution in [0, 0.1) is 29.6 Å². The summed E-state index contributed by atoms with van der Waals surface area (Å²) in [7, 11) is 1.67. The lowest BCUT2D eigenvalue weighted by Gasteiger charge is -2.49. The number of hydrogen-bond donors (Lipinski definition) is 2. The van der Waals surface area contributed by atoms with Crippen molar-refractivity contribution >= 4 is 17.0 Å². The molecule has 2 aromatic rings. The molecule has 4 rings (SSSR count). The molecule has 6 unspecified atom stereocenters. The fourth-order valence-corrected chi connectivity index (χ4v) is 5.91. The van der Waals surface area contributed by atoms with Crippen molar-refractivity contribution < 1.29 is 14.9 Å². The molecule has 1 heterocycles. The minimum atomic E-state index is -0.415. The highest BCUT2D eigenvalue weighted by atomic mass is 16.5. The lowest BCUT2D eigenvalue weighted by Crippen LogP contribution is -2.46. The fraction of sp³-hybridized carbons (Fsp3) is 0.560. The van der Waals surface area contributed by atoms with Crippen molar-refractivity contribution in [3.63, 3.8) is 0 Å². The third-order valence-electron chi connectivity index (χ3n) is 7.26. The number of aliphatic hydroxyl groups excluding tert-OH is 2. The van der Waals surface area contributed by atoms with Crippen LogP contribution in [-0.4, -0.2) is 35.0 Å². The molecule has 29 heavy (non-hydrogen) atoms.